The van der Waals surface area contributed by atoms with E-state index in [0.717, 1.165) is 25.3 Å². The molecule has 0 saturated carbocycles. The fourth-order valence-corrected chi connectivity index (χ4v) is 2.28. The van der Waals surface area contributed by atoms with Crippen molar-refractivity contribution in [3.05, 3.63) is 29.3 Å². The zero-order valence-corrected chi connectivity index (χ0v) is 13.9. The Bertz CT molecular complexity index is 393. The van der Waals surface area contributed by atoms with Crippen LogP contribution < -0.4 is 10.1 Å². The lowest BCUT2D eigenvalue weighted by Crippen LogP contribution is -2.36. The first-order chi connectivity index (χ1) is 9.42. The molecule has 0 aliphatic carbocycles. The molecule has 0 aliphatic rings. The maximum absolute atomic E-state index is 5.70. The molecule has 114 valence electrons. The maximum atomic E-state index is 5.70. The van der Waals surface area contributed by atoms with Crippen molar-refractivity contribution < 1.29 is 4.74 Å². The van der Waals surface area contributed by atoms with Crippen molar-refractivity contribution in [1.82, 2.24) is 5.32 Å². The van der Waals surface area contributed by atoms with Gasteiger partial charge in [-0.1, -0.05) is 24.1 Å². The summed E-state index contributed by atoms with van der Waals surface area (Å²) in [5.41, 5.74) is 2.91. The molecule has 0 radical (unpaired) electrons. The van der Waals surface area contributed by atoms with Crippen LogP contribution in [0.5, 0.6) is 5.75 Å². The lowest BCUT2D eigenvalue weighted by atomic mass is 10.0. The van der Waals surface area contributed by atoms with Gasteiger partial charge in [-0.2, -0.15) is 0 Å². The van der Waals surface area contributed by atoms with E-state index in [4.69, 9.17) is 4.74 Å². The molecular weight excluding hydrogens is 246 g/mol. The number of rotatable bonds is 8. The second-order valence-electron chi connectivity index (χ2n) is 6.53. The highest BCUT2D eigenvalue weighted by molar-refractivity contribution is 5.37. The summed E-state index contributed by atoms with van der Waals surface area (Å²) in [4.78, 5) is 0. The third-order valence-electron chi connectivity index (χ3n) is 3.29. The Kier molecular flexibility index (Phi) is 7.08. The number of aryl methyl sites for hydroxylation is 2. The van der Waals surface area contributed by atoms with Gasteiger partial charge in [0.2, 0.25) is 0 Å². The van der Waals surface area contributed by atoms with Crippen LogP contribution in [0.15, 0.2) is 18.2 Å². The van der Waals surface area contributed by atoms with Gasteiger partial charge >= 0.3 is 0 Å². The summed E-state index contributed by atoms with van der Waals surface area (Å²) in [7, 11) is 0. The summed E-state index contributed by atoms with van der Waals surface area (Å²) in [6.07, 6.45) is 4.86. The Labute approximate surface area is 124 Å². The smallest absolute Gasteiger partial charge is 0.122 e. The fourth-order valence-electron chi connectivity index (χ4n) is 2.28. The molecule has 20 heavy (non-hydrogen) atoms. The molecule has 2 heteroatoms. The van der Waals surface area contributed by atoms with E-state index in [1.165, 1.54) is 30.4 Å². The first-order valence-electron chi connectivity index (χ1n) is 7.90. The highest BCUT2D eigenvalue weighted by Gasteiger charge is 2.07. The van der Waals surface area contributed by atoms with Gasteiger partial charge in [0.15, 0.2) is 0 Å². The minimum Gasteiger partial charge on any atom is -0.494 e. The van der Waals surface area contributed by atoms with Crippen molar-refractivity contribution in [2.45, 2.75) is 65.8 Å². The molecule has 0 atom stereocenters. The number of benzene rings is 1. The third kappa shape index (κ3) is 6.95. The Hall–Kier alpha value is -1.02. The standard InChI is InChI=1S/C18H31NO/c1-6-20-17-12-11-15(2)14-16(17)10-8-7-9-13-19-18(3,4)5/h11-12,14,19H,6-10,13H2,1-5H3. The van der Waals surface area contributed by atoms with Crippen molar-refractivity contribution in [3.63, 3.8) is 0 Å². The lowest BCUT2D eigenvalue weighted by Gasteiger charge is -2.20. The molecule has 1 N–H and O–H groups in total. The van der Waals surface area contributed by atoms with Crippen molar-refractivity contribution in [2.24, 2.45) is 0 Å². The summed E-state index contributed by atoms with van der Waals surface area (Å²) >= 11 is 0. The van der Waals surface area contributed by atoms with Gasteiger partial charge in [-0.05, 0) is 72.1 Å². The first kappa shape index (κ1) is 17.0. The van der Waals surface area contributed by atoms with Gasteiger partial charge in [0, 0.05) is 5.54 Å². The van der Waals surface area contributed by atoms with Crippen LogP contribution in [-0.4, -0.2) is 18.7 Å². The largest absolute Gasteiger partial charge is 0.494 e. The summed E-state index contributed by atoms with van der Waals surface area (Å²) in [6.45, 7) is 12.7. The Morgan fingerprint density at radius 1 is 1.10 bits per heavy atom. The van der Waals surface area contributed by atoms with Gasteiger partial charge in [0.25, 0.3) is 0 Å². The van der Waals surface area contributed by atoms with Gasteiger partial charge in [-0.15, -0.1) is 0 Å². The molecule has 0 heterocycles. The van der Waals surface area contributed by atoms with Gasteiger partial charge < -0.3 is 10.1 Å². The maximum Gasteiger partial charge on any atom is 0.122 e. The van der Waals surface area contributed by atoms with Gasteiger partial charge in [-0.3, -0.25) is 0 Å². The molecule has 0 aromatic heterocycles. The number of unbranched alkanes of at least 4 members (excludes halogenated alkanes) is 2. The van der Waals surface area contributed by atoms with E-state index in [1.54, 1.807) is 0 Å². The molecule has 0 amide bonds. The van der Waals surface area contributed by atoms with E-state index in [9.17, 15) is 0 Å². The fraction of sp³-hybridized carbons (Fsp3) is 0.667. The zero-order chi connectivity index (χ0) is 15.0. The van der Waals surface area contributed by atoms with Crippen LogP contribution in [-0.2, 0) is 6.42 Å². The van der Waals surface area contributed by atoms with Crippen LogP contribution in [0.1, 0.15) is 58.1 Å². The predicted octanol–water partition coefficient (Wildman–Crippen LogP) is 4.49. The van der Waals surface area contributed by atoms with E-state index in [1.807, 2.05) is 6.92 Å². The molecule has 0 saturated heterocycles. The number of nitrogens with one attached hydrogen (secondary N) is 1. The summed E-state index contributed by atoms with van der Waals surface area (Å²) < 4.78 is 5.70. The van der Waals surface area contributed by atoms with E-state index >= 15 is 0 Å². The summed E-state index contributed by atoms with van der Waals surface area (Å²) in [5.74, 6) is 1.06. The lowest BCUT2D eigenvalue weighted by molar-refractivity contribution is 0.336. The molecular formula is C18H31NO. The number of hydrogen-bond donors (Lipinski definition) is 1. The van der Waals surface area contributed by atoms with Crippen molar-refractivity contribution in [2.75, 3.05) is 13.2 Å². The molecule has 0 aliphatic heterocycles. The number of ether oxygens (including phenoxy) is 1. The predicted molar refractivity (Wildman–Crippen MR) is 87.7 cm³/mol. The molecule has 1 aromatic rings. The first-order valence-corrected chi connectivity index (χ1v) is 7.90. The van der Waals surface area contributed by atoms with Crippen LogP contribution in [0.3, 0.4) is 0 Å². The quantitative estimate of drug-likeness (QED) is 0.707. The number of hydrogen-bond acceptors (Lipinski definition) is 2. The Morgan fingerprint density at radius 3 is 2.50 bits per heavy atom. The zero-order valence-electron chi connectivity index (χ0n) is 13.9. The van der Waals surface area contributed by atoms with Crippen molar-refractivity contribution in [1.29, 1.82) is 0 Å². The molecule has 1 rings (SSSR count). The summed E-state index contributed by atoms with van der Waals surface area (Å²) in [5, 5.41) is 3.54. The minimum atomic E-state index is 0.235. The monoisotopic (exact) mass is 277 g/mol. The highest BCUT2D eigenvalue weighted by Crippen LogP contribution is 2.22. The van der Waals surface area contributed by atoms with E-state index in [0.29, 0.717) is 0 Å². The average molecular weight is 277 g/mol. The van der Waals surface area contributed by atoms with Crippen LogP contribution in [0, 0.1) is 6.92 Å². The van der Waals surface area contributed by atoms with Crippen LogP contribution in [0.25, 0.3) is 0 Å². The van der Waals surface area contributed by atoms with Crippen LogP contribution in [0.4, 0.5) is 0 Å². The molecule has 0 unspecified atom stereocenters. The second kappa shape index (κ2) is 8.31. The van der Waals surface area contributed by atoms with E-state index < -0.39 is 0 Å². The second-order valence-corrected chi connectivity index (χ2v) is 6.53. The van der Waals surface area contributed by atoms with Crippen LogP contribution in [0.2, 0.25) is 0 Å². The molecule has 0 bridgehead atoms. The van der Waals surface area contributed by atoms with Crippen molar-refractivity contribution >= 4 is 0 Å². The van der Waals surface area contributed by atoms with Crippen molar-refractivity contribution in [3.8, 4) is 5.75 Å². The van der Waals surface area contributed by atoms with E-state index in [-0.39, 0.29) is 5.54 Å². The topological polar surface area (TPSA) is 21.3 Å². The Morgan fingerprint density at radius 2 is 1.85 bits per heavy atom. The van der Waals surface area contributed by atoms with Gasteiger partial charge in [0.05, 0.1) is 6.61 Å². The Balaban J connectivity index is 2.32. The average Bonchev–Trinajstić information content (AvgIpc) is 2.35. The summed E-state index contributed by atoms with van der Waals surface area (Å²) in [6, 6.07) is 6.50. The molecule has 2 nitrogen and oxygen atoms in total. The minimum absolute atomic E-state index is 0.235. The highest BCUT2D eigenvalue weighted by atomic mass is 16.5. The molecule has 0 fully saturated rings. The van der Waals surface area contributed by atoms with Gasteiger partial charge in [-0.25, -0.2) is 0 Å². The SMILES string of the molecule is CCOc1ccc(C)cc1CCCCCNC(C)(C)C. The van der Waals surface area contributed by atoms with Crippen LogP contribution >= 0.6 is 0 Å². The van der Waals surface area contributed by atoms with E-state index in [2.05, 4.69) is 51.2 Å². The molecule has 0 spiro atoms. The van der Waals surface area contributed by atoms with Gasteiger partial charge in [0.1, 0.15) is 5.75 Å². The third-order valence-corrected chi connectivity index (χ3v) is 3.29. The molecule has 1 aromatic carbocycles. The normalized spacial score (nSPS) is 11.7.